The van der Waals surface area contributed by atoms with Gasteiger partial charge in [0.2, 0.25) is 0 Å². The number of carbonyl (C=O) groups is 1. The molecule has 6 nitrogen and oxygen atoms in total. The van der Waals surface area contributed by atoms with E-state index in [1.165, 1.54) is 11.2 Å². The molecule has 0 saturated heterocycles. The third kappa shape index (κ3) is 3.04. The molecule has 1 amide bonds. The standard InChI is InChI=1S/C13H16N4O2/c1-17(2)13(18)11-4-3-9(14)7-12(11)15-8-10-5-6-19-16-10/h3-7,15H,8,14H2,1-2H3. The number of nitrogens with two attached hydrogens (primary N) is 1. The summed E-state index contributed by atoms with van der Waals surface area (Å²) in [4.78, 5) is 13.6. The van der Waals surface area contributed by atoms with Crippen LogP contribution in [-0.4, -0.2) is 30.1 Å². The average molecular weight is 260 g/mol. The first-order valence-electron chi connectivity index (χ1n) is 5.82. The lowest BCUT2D eigenvalue weighted by atomic mass is 10.1. The number of anilines is 2. The summed E-state index contributed by atoms with van der Waals surface area (Å²) in [5, 5.41) is 6.94. The first-order valence-corrected chi connectivity index (χ1v) is 5.82. The highest BCUT2D eigenvalue weighted by Crippen LogP contribution is 2.21. The number of nitrogen functional groups attached to an aromatic ring is 1. The van der Waals surface area contributed by atoms with Crippen LogP contribution in [0.15, 0.2) is 35.1 Å². The summed E-state index contributed by atoms with van der Waals surface area (Å²) in [6, 6.07) is 6.91. The predicted octanol–water partition coefficient (Wildman–Crippen LogP) is 1.57. The highest BCUT2D eigenvalue weighted by molar-refractivity contribution is 5.99. The minimum atomic E-state index is -0.0809. The van der Waals surface area contributed by atoms with E-state index in [0.29, 0.717) is 23.5 Å². The second kappa shape index (κ2) is 5.43. The molecule has 0 radical (unpaired) electrons. The Kier molecular flexibility index (Phi) is 3.70. The van der Waals surface area contributed by atoms with Gasteiger partial charge in [0.1, 0.15) is 12.0 Å². The Labute approximate surface area is 111 Å². The summed E-state index contributed by atoms with van der Waals surface area (Å²) >= 11 is 0. The zero-order chi connectivity index (χ0) is 13.8. The van der Waals surface area contributed by atoms with Crippen molar-refractivity contribution >= 4 is 17.3 Å². The van der Waals surface area contributed by atoms with Gasteiger partial charge in [-0.25, -0.2) is 0 Å². The average Bonchev–Trinajstić information content (AvgIpc) is 2.88. The number of hydrogen-bond donors (Lipinski definition) is 2. The molecule has 0 bridgehead atoms. The molecule has 2 rings (SSSR count). The molecule has 0 unspecified atom stereocenters. The molecule has 0 fully saturated rings. The van der Waals surface area contributed by atoms with Crippen molar-refractivity contribution in [1.82, 2.24) is 10.1 Å². The summed E-state index contributed by atoms with van der Waals surface area (Å²) in [5.74, 6) is -0.0809. The van der Waals surface area contributed by atoms with E-state index in [0.717, 1.165) is 5.69 Å². The van der Waals surface area contributed by atoms with Gasteiger partial charge in [-0.1, -0.05) is 5.16 Å². The maximum Gasteiger partial charge on any atom is 0.255 e. The molecule has 100 valence electrons. The fourth-order valence-electron chi connectivity index (χ4n) is 1.65. The third-order valence-electron chi connectivity index (χ3n) is 2.63. The minimum Gasteiger partial charge on any atom is -0.399 e. The fourth-order valence-corrected chi connectivity index (χ4v) is 1.65. The smallest absolute Gasteiger partial charge is 0.255 e. The minimum absolute atomic E-state index is 0.0809. The highest BCUT2D eigenvalue weighted by Gasteiger charge is 2.13. The van der Waals surface area contributed by atoms with Crippen LogP contribution in [0.5, 0.6) is 0 Å². The van der Waals surface area contributed by atoms with Crippen molar-refractivity contribution in [3.8, 4) is 0 Å². The largest absolute Gasteiger partial charge is 0.399 e. The van der Waals surface area contributed by atoms with Crippen LogP contribution < -0.4 is 11.1 Å². The lowest BCUT2D eigenvalue weighted by molar-refractivity contribution is 0.0828. The Bertz CT molecular complexity index is 564. The molecular weight excluding hydrogens is 244 g/mol. The number of carbonyl (C=O) groups excluding carboxylic acids is 1. The quantitative estimate of drug-likeness (QED) is 0.815. The van der Waals surface area contributed by atoms with Gasteiger partial charge in [0.25, 0.3) is 5.91 Å². The normalized spacial score (nSPS) is 10.2. The lowest BCUT2D eigenvalue weighted by Gasteiger charge is -2.15. The fraction of sp³-hybridized carbons (Fsp3) is 0.231. The van der Waals surface area contributed by atoms with Crippen molar-refractivity contribution in [2.75, 3.05) is 25.1 Å². The first-order chi connectivity index (χ1) is 9.08. The Hall–Kier alpha value is -2.50. The SMILES string of the molecule is CN(C)C(=O)c1ccc(N)cc1NCc1ccon1. The molecule has 1 aromatic heterocycles. The second-order valence-electron chi connectivity index (χ2n) is 4.35. The topological polar surface area (TPSA) is 84.4 Å². The number of aromatic nitrogens is 1. The van der Waals surface area contributed by atoms with Gasteiger partial charge in [-0.2, -0.15) is 0 Å². The second-order valence-corrected chi connectivity index (χ2v) is 4.35. The van der Waals surface area contributed by atoms with E-state index in [1.54, 1.807) is 38.4 Å². The summed E-state index contributed by atoms with van der Waals surface area (Å²) in [6.45, 7) is 0.466. The number of nitrogens with zero attached hydrogens (tertiary/aromatic N) is 2. The van der Waals surface area contributed by atoms with Gasteiger partial charge < -0.3 is 20.5 Å². The number of amides is 1. The van der Waals surface area contributed by atoms with Gasteiger partial charge >= 0.3 is 0 Å². The van der Waals surface area contributed by atoms with Crippen LogP contribution in [-0.2, 0) is 6.54 Å². The van der Waals surface area contributed by atoms with Crippen LogP contribution in [0.3, 0.4) is 0 Å². The van der Waals surface area contributed by atoms with Crippen LogP contribution in [0.1, 0.15) is 16.1 Å². The Morgan fingerprint density at radius 1 is 1.42 bits per heavy atom. The van der Waals surface area contributed by atoms with Gasteiger partial charge in [-0.05, 0) is 18.2 Å². The maximum atomic E-state index is 12.0. The molecule has 0 atom stereocenters. The monoisotopic (exact) mass is 260 g/mol. The Morgan fingerprint density at radius 3 is 2.84 bits per heavy atom. The predicted molar refractivity (Wildman–Crippen MR) is 72.7 cm³/mol. The Morgan fingerprint density at radius 2 is 2.21 bits per heavy atom. The number of hydrogen-bond acceptors (Lipinski definition) is 5. The molecule has 2 aromatic rings. The van der Waals surface area contributed by atoms with Crippen LogP contribution in [0.4, 0.5) is 11.4 Å². The van der Waals surface area contributed by atoms with E-state index in [1.807, 2.05) is 0 Å². The highest BCUT2D eigenvalue weighted by atomic mass is 16.5. The molecule has 1 aromatic carbocycles. The first kappa shape index (κ1) is 12.9. The van der Waals surface area contributed by atoms with Crippen LogP contribution >= 0.6 is 0 Å². The molecule has 6 heteroatoms. The maximum absolute atomic E-state index is 12.0. The molecular formula is C13H16N4O2. The summed E-state index contributed by atoms with van der Waals surface area (Å²) in [6.07, 6.45) is 1.50. The molecule has 0 saturated carbocycles. The van der Waals surface area contributed by atoms with Crippen molar-refractivity contribution in [2.45, 2.75) is 6.54 Å². The Balaban J connectivity index is 2.22. The number of rotatable bonds is 4. The molecule has 0 aliphatic rings. The molecule has 19 heavy (non-hydrogen) atoms. The van der Waals surface area contributed by atoms with Crippen molar-refractivity contribution in [2.24, 2.45) is 0 Å². The van der Waals surface area contributed by atoms with E-state index in [4.69, 9.17) is 10.3 Å². The van der Waals surface area contributed by atoms with Crippen molar-refractivity contribution in [3.05, 3.63) is 41.8 Å². The van der Waals surface area contributed by atoms with Gasteiger partial charge in [-0.15, -0.1) is 0 Å². The van der Waals surface area contributed by atoms with Gasteiger partial charge in [0, 0.05) is 31.5 Å². The van der Waals surface area contributed by atoms with Crippen LogP contribution in [0.2, 0.25) is 0 Å². The van der Waals surface area contributed by atoms with E-state index in [9.17, 15) is 4.79 Å². The van der Waals surface area contributed by atoms with Crippen molar-refractivity contribution in [3.63, 3.8) is 0 Å². The van der Waals surface area contributed by atoms with E-state index in [2.05, 4.69) is 10.5 Å². The van der Waals surface area contributed by atoms with Crippen molar-refractivity contribution < 1.29 is 9.32 Å². The van der Waals surface area contributed by atoms with Crippen molar-refractivity contribution in [1.29, 1.82) is 0 Å². The van der Waals surface area contributed by atoms with Gasteiger partial charge in [0.15, 0.2) is 0 Å². The number of benzene rings is 1. The van der Waals surface area contributed by atoms with Gasteiger partial charge in [-0.3, -0.25) is 4.79 Å². The summed E-state index contributed by atoms with van der Waals surface area (Å²) in [5.41, 5.74) is 8.36. The molecule has 0 aliphatic heterocycles. The lowest BCUT2D eigenvalue weighted by Crippen LogP contribution is -2.23. The zero-order valence-electron chi connectivity index (χ0n) is 10.9. The molecule has 0 aliphatic carbocycles. The number of nitrogens with one attached hydrogen (secondary N) is 1. The summed E-state index contributed by atoms with van der Waals surface area (Å²) < 4.78 is 4.75. The van der Waals surface area contributed by atoms with Crippen LogP contribution in [0, 0.1) is 0 Å². The van der Waals surface area contributed by atoms with E-state index in [-0.39, 0.29) is 5.91 Å². The van der Waals surface area contributed by atoms with E-state index < -0.39 is 0 Å². The third-order valence-corrected chi connectivity index (χ3v) is 2.63. The summed E-state index contributed by atoms with van der Waals surface area (Å²) in [7, 11) is 3.42. The van der Waals surface area contributed by atoms with Crippen LogP contribution in [0.25, 0.3) is 0 Å². The zero-order valence-corrected chi connectivity index (χ0v) is 10.9. The molecule has 1 heterocycles. The van der Waals surface area contributed by atoms with E-state index >= 15 is 0 Å². The molecule has 0 spiro atoms. The molecule has 3 N–H and O–H groups in total. The van der Waals surface area contributed by atoms with Gasteiger partial charge in [0.05, 0.1) is 12.1 Å².